The van der Waals surface area contributed by atoms with Gasteiger partial charge in [0.25, 0.3) is 5.91 Å². The summed E-state index contributed by atoms with van der Waals surface area (Å²) in [5.41, 5.74) is 1.41. The first-order valence-corrected chi connectivity index (χ1v) is 8.37. The number of carboxylic acid groups (broad SMARTS) is 1. The van der Waals surface area contributed by atoms with Crippen LogP contribution >= 0.6 is 0 Å². The number of rotatable bonds is 4. The highest BCUT2D eigenvalue weighted by Crippen LogP contribution is 2.29. The van der Waals surface area contributed by atoms with Gasteiger partial charge >= 0.3 is 5.97 Å². The molecule has 1 aliphatic rings. The minimum atomic E-state index is -1.03. The number of hydrogen-bond acceptors (Lipinski definition) is 3. The quantitative estimate of drug-likeness (QED) is 0.921. The van der Waals surface area contributed by atoms with Gasteiger partial charge in [0.15, 0.2) is 0 Å². The zero-order valence-corrected chi connectivity index (χ0v) is 13.8. The van der Waals surface area contributed by atoms with Crippen LogP contribution in [-0.4, -0.2) is 35.0 Å². The smallest absolute Gasteiger partial charge is 0.311 e. The first-order valence-electron chi connectivity index (χ1n) is 8.37. The van der Waals surface area contributed by atoms with E-state index in [4.69, 9.17) is 9.52 Å². The van der Waals surface area contributed by atoms with Crippen molar-refractivity contribution in [2.75, 3.05) is 13.1 Å². The second kappa shape index (κ2) is 7.51. The predicted molar refractivity (Wildman–Crippen MR) is 88.9 cm³/mol. The van der Waals surface area contributed by atoms with Gasteiger partial charge in [0, 0.05) is 13.1 Å². The van der Waals surface area contributed by atoms with Crippen molar-refractivity contribution in [3.8, 4) is 0 Å². The van der Waals surface area contributed by atoms with E-state index in [2.05, 4.69) is 0 Å². The molecule has 132 valence electrons. The number of nitrogens with zero attached hydrogens (tertiary/aromatic N) is 1. The van der Waals surface area contributed by atoms with Gasteiger partial charge in [0.1, 0.15) is 18.0 Å². The molecule has 5 nitrogen and oxygen atoms in total. The Bertz CT molecular complexity index is 753. The second-order valence-corrected chi connectivity index (χ2v) is 6.30. The summed E-state index contributed by atoms with van der Waals surface area (Å²) in [6, 6.07) is 8.07. The number of carbonyl (C=O) groups is 2. The van der Waals surface area contributed by atoms with Crippen molar-refractivity contribution < 1.29 is 23.5 Å². The van der Waals surface area contributed by atoms with Gasteiger partial charge < -0.3 is 14.4 Å². The summed E-state index contributed by atoms with van der Waals surface area (Å²) in [5, 5.41) is 8.92. The lowest BCUT2D eigenvalue weighted by molar-refractivity contribution is -0.136. The molecule has 1 fully saturated rings. The number of halogens is 1. The number of likely N-dealkylation sites (tertiary alicyclic amines) is 1. The average molecular weight is 345 g/mol. The molecule has 1 amide bonds. The van der Waals surface area contributed by atoms with Crippen LogP contribution in [0.2, 0.25) is 0 Å². The molecular formula is C19H20FNO4. The third-order valence-corrected chi connectivity index (χ3v) is 4.64. The van der Waals surface area contributed by atoms with E-state index in [-0.39, 0.29) is 23.9 Å². The molecule has 2 aromatic rings. The fraction of sp³-hybridized carbons (Fsp3) is 0.368. The summed E-state index contributed by atoms with van der Waals surface area (Å²) in [7, 11) is 0. The number of carboxylic acids is 1. The van der Waals surface area contributed by atoms with Crippen LogP contribution in [0, 0.1) is 5.82 Å². The van der Waals surface area contributed by atoms with Crippen LogP contribution in [0.25, 0.3) is 0 Å². The average Bonchev–Trinajstić information content (AvgIpc) is 2.89. The molecule has 1 atom stereocenters. The Morgan fingerprint density at radius 2 is 1.92 bits per heavy atom. The summed E-state index contributed by atoms with van der Waals surface area (Å²) in [6.07, 6.45) is 3.62. The molecule has 1 saturated heterocycles. The topological polar surface area (TPSA) is 70.7 Å². The van der Waals surface area contributed by atoms with E-state index >= 15 is 0 Å². The van der Waals surface area contributed by atoms with E-state index < -0.39 is 5.97 Å². The zero-order chi connectivity index (χ0) is 17.8. The Hall–Kier alpha value is -2.63. The molecular weight excluding hydrogens is 325 g/mol. The SMILES string of the molecule is O=C(O)Cc1occc1C(=O)N1CCCC(c2ccc(F)cc2)CC1. The maximum Gasteiger partial charge on any atom is 0.311 e. The van der Waals surface area contributed by atoms with Crippen LogP contribution in [0.15, 0.2) is 41.0 Å². The molecule has 0 bridgehead atoms. The van der Waals surface area contributed by atoms with E-state index in [1.165, 1.54) is 24.5 Å². The molecule has 6 heteroatoms. The fourth-order valence-corrected chi connectivity index (χ4v) is 3.34. The molecule has 1 N–H and O–H groups in total. The Balaban J connectivity index is 1.68. The highest BCUT2D eigenvalue weighted by atomic mass is 19.1. The van der Waals surface area contributed by atoms with E-state index in [1.54, 1.807) is 17.0 Å². The van der Waals surface area contributed by atoms with E-state index in [0.29, 0.717) is 24.6 Å². The predicted octanol–water partition coefficient (Wildman–Crippen LogP) is 3.46. The Labute approximate surface area is 145 Å². The lowest BCUT2D eigenvalue weighted by Crippen LogP contribution is -2.32. The van der Waals surface area contributed by atoms with E-state index in [0.717, 1.165) is 24.8 Å². The van der Waals surface area contributed by atoms with Gasteiger partial charge in [-0.3, -0.25) is 9.59 Å². The highest BCUT2D eigenvalue weighted by molar-refractivity contribution is 5.96. The Morgan fingerprint density at radius 3 is 2.64 bits per heavy atom. The second-order valence-electron chi connectivity index (χ2n) is 6.30. The number of aliphatic carboxylic acids is 1. The van der Waals surface area contributed by atoms with Crippen LogP contribution in [0.3, 0.4) is 0 Å². The maximum absolute atomic E-state index is 13.1. The normalized spacial score (nSPS) is 18.0. The molecule has 2 heterocycles. The van der Waals surface area contributed by atoms with Crippen LogP contribution in [-0.2, 0) is 11.2 Å². The minimum absolute atomic E-state index is 0.190. The third-order valence-electron chi connectivity index (χ3n) is 4.64. The molecule has 0 radical (unpaired) electrons. The summed E-state index contributed by atoms with van der Waals surface area (Å²) in [5.74, 6) is -0.987. The summed E-state index contributed by atoms with van der Waals surface area (Å²) < 4.78 is 18.2. The third kappa shape index (κ3) is 4.07. The van der Waals surface area contributed by atoms with Gasteiger partial charge in [0.2, 0.25) is 0 Å². The number of hydrogen-bond donors (Lipinski definition) is 1. The first kappa shape index (κ1) is 17.2. The van der Waals surface area contributed by atoms with Crippen molar-refractivity contribution >= 4 is 11.9 Å². The summed E-state index contributed by atoms with van der Waals surface area (Å²) in [4.78, 5) is 25.4. The lowest BCUT2D eigenvalue weighted by Gasteiger charge is -2.20. The van der Waals surface area contributed by atoms with Gasteiger partial charge in [-0.05, 0) is 48.9 Å². The number of furan rings is 1. The zero-order valence-electron chi connectivity index (χ0n) is 13.8. The Morgan fingerprint density at radius 1 is 1.16 bits per heavy atom. The minimum Gasteiger partial charge on any atom is -0.481 e. The van der Waals surface area contributed by atoms with Gasteiger partial charge in [0.05, 0.1) is 11.8 Å². The van der Waals surface area contributed by atoms with Crippen molar-refractivity contribution in [2.24, 2.45) is 0 Å². The van der Waals surface area contributed by atoms with Crippen LogP contribution < -0.4 is 0 Å². The van der Waals surface area contributed by atoms with E-state index in [9.17, 15) is 14.0 Å². The molecule has 1 aliphatic heterocycles. The number of benzene rings is 1. The van der Waals surface area contributed by atoms with Crippen molar-refractivity contribution in [1.29, 1.82) is 0 Å². The molecule has 0 saturated carbocycles. The first-order chi connectivity index (χ1) is 12.0. The van der Waals surface area contributed by atoms with Crippen LogP contribution in [0.5, 0.6) is 0 Å². The molecule has 1 unspecified atom stereocenters. The van der Waals surface area contributed by atoms with Crippen molar-refractivity contribution in [1.82, 2.24) is 4.90 Å². The number of carbonyl (C=O) groups excluding carboxylic acids is 1. The van der Waals surface area contributed by atoms with Crippen LogP contribution in [0.4, 0.5) is 4.39 Å². The Kier molecular flexibility index (Phi) is 5.16. The monoisotopic (exact) mass is 345 g/mol. The molecule has 1 aromatic carbocycles. The van der Waals surface area contributed by atoms with Gasteiger partial charge in [-0.25, -0.2) is 4.39 Å². The molecule has 0 aliphatic carbocycles. The van der Waals surface area contributed by atoms with Gasteiger partial charge in [-0.2, -0.15) is 0 Å². The van der Waals surface area contributed by atoms with Crippen LogP contribution in [0.1, 0.15) is 46.9 Å². The summed E-state index contributed by atoms with van der Waals surface area (Å²) >= 11 is 0. The number of amides is 1. The summed E-state index contributed by atoms with van der Waals surface area (Å²) in [6.45, 7) is 1.20. The van der Waals surface area contributed by atoms with Gasteiger partial charge in [-0.1, -0.05) is 12.1 Å². The lowest BCUT2D eigenvalue weighted by atomic mass is 9.92. The molecule has 0 spiro atoms. The van der Waals surface area contributed by atoms with Crippen molar-refractivity contribution in [3.05, 3.63) is 59.3 Å². The molecule has 3 rings (SSSR count). The molecule has 1 aromatic heterocycles. The highest BCUT2D eigenvalue weighted by Gasteiger charge is 2.25. The van der Waals surface area contributed by atoms with Crippen molar-refractivity contribution in [3.63, 3.8) is 0 Å². The largest absolute Gasteiger partial charge is 0.481 e. The van der Waals surface area contributed by atoms with E-state index in [1.807, 2.05) is 0 Å². The van der Waals surface area contributed by atoms with Crippen molar-refractivity contribution in [2.45, 2.75) is 31.6 Å². The maximum atomic E-state index is 13.1. The van der Waals surface area contributed by atoms with Gasteiger partial charge in [-0.15, -0.1) is 0 Å². The fourth-order valence-electron chi connectivity index (χ4n) is 3.34. The standard InChI is InChI=1S/C19H20FNO4/c20-15-5-3-14(4-6-15)13-2-1-9-21(10-7-13)19(24)16-8-11-25-17(16)12-18(22)23/h3-6,8,11,13H,1-2,7,9-10,12H2,(H,22,23). The molecule has 25 heavy (non-hydrogen) atoms.